The van der Waals surface area contributed by atoms with Crippen LogP contribution in [0.15, 0.2) is 48.5 Å². The molecule has 140 valence electrons. The highest BCUT2D eigenvalue weighted by atomic mass is 19.4. The van der Waals surface area contributed by atoms with Crippen LogP contribution < -0.4 is 5.32 Å². The summed E-state index contributed by atoms with van der Waals surface area (Å²) in [5.41, 5.74) is 1.25. The topological polar surface area (TPSA) is 46.9 Å². The normalized spacial score (nSPS) is 11.5. The van der Waals surface area contributed by atoms with Gasteiger partial charge in [-0.25, -0.2) is 4.98 Å². The van der Waals surface area contributed by atoms with Crippen molar-refractivity contribution < 1.29 is 18.0 Å². The van der Waals surface area contributed by atoms with Crippen LogP contribution in [-0.4, -0.2) is 15.5 Å². The molecule has 7 heteroatoms. The summed E-state index contributed by atoms with van der Waals surface area (Å²) in [4.78, 5) is 16.9. The van der Waals surface area contributed by atoms with E-state index in [1.165, 1.54) is 16.7 Å². The molecule has 0 atom stereocenters. The first-order chi connectivity index (χ1) is 12.7. The molecule has 0 fully saturated rings. The molecule has 4 nitrogen and oxygen atoms in total. The zero-order valence-electron chi connectivity index (χ0n) is 15.1. The fourth-order valence-corrected chi connectivity index (χ4v) is 3.07. The molecular weight excluding hydrogens is 355 g/mol. The van der Waals surface area contributed by atoms with Crippen LogP contribution in [0.2, 0.25) is 0 Å². The average Bonchev–Trinajstić information content (AvgIpc) is 2.88. The summed E-state index contributed by atoms with van der Waals surface area (Å²) < 4.78 is 41.6. The molecule has 0 aliphatic heterocycles. The fourth-order valence-electron chi connectivity index (χ4n) is 3.07. The van der Waals surface area contributed by atoms with Crippen LogP contribution >= 0.6 is 0 Å². The first-order valence-electron chi connectivity index (χ1n) is 8.29. The lowest BCUT2D eigenvalue weighted by Crippen LogP contribution is -2.15. The second-order valence-corrected chi connectivity index (χ2v) is 6.25. The van der Waals surface area contributed by atoms with Crippen molar-refractivity contribution in [1.82, 2.24) is 9.55 Å². The van der Waals surface area contributed by atoms with Gasteiger partial charge in [0.25, 0.3) is 5.91 Å². The third kappa shape index (κ3) is 3.72. The average molecular weight is 373 g/mol. The Hall–Kier alpha value is -3.09. The molecule has 1 aromatic carbocycles. The number of benzene rings is 1. The number of halogens is 3. The number of anilines is 1. The lowest BCUT2D eigenvalue weighted by Gasteiger charge is -2.16. The number of aromatic nitrogens is 2. The van der Waals surface area contributed by atoms with Gasteiger partial charge in [0.1, 0.15) is 5.82 Å². The number of rotatable bonds is 3. The summed E-state index contributed by atoms with van der Waals surface area (Å²) in [6.45, 7) is 5.09. The van der Waals surface area contributed by atoms with E-state index >= 15 is 0 Å². The Balaban J connectivity index is 2.03. The minimum absolute atomic E-state index is 0.00673. The summed E-state index contributed by atoms with van der Waals surface area (Å²) in [6.07, 6.45) is -4.49. The fraction of sp³-hybridized carbons (Fsp3) is 0.200. The first-order valence-corrected chi connectivity index (χ1v) is 8.29. The summed E-state index contributed by atoms with van der Waals surface area (Å²) >= 11 is 0. The van der Waals surface area contributed by atoms with Crippen molar-refractivity contribution in [2.24, 2.45) is 0 Å². The molecule has 1 N–H and O–H groups in total. The molecular formula is C20H18F3N3O. The second kappa shape index (κ2) is 6.90. The second-order valence-electron chi connectivity index (χ2n) is 6.25. The van der Waals surface area contributed by atoms with Gasteiger partial charge in [0, 0.05) is 17.1 Å². The third-order valence-corrected chi connectivity index (χ3v) is 4.26. The molecule has 0 spiro atoms. The Morgan fingerprint density at radius 3 is 2.41 bits per heavy atom. The number of amides is 1. The van der Waals surface area contributed by atoms with E-state index in [9.17, 15) is 18.0 Å². The Labute approximate surface area is 154 Å². The first kappa shape index (κ1) is 18.7. The molecule has 0 unspecified atom stereocenters. The molecule has 3 aromatic rings. The molecule has 0 bridgehead atoms. The standard InChI is InChI=1S/C20H18F3N3O/c1-12-7-6-10-18(24-12)25-19(27)15-11-13(2)26(14(15)3)17-9-5-4-8-16(17)20(21,22)23/h4-11H,1-3H3,(H,24,25,27). The van der Waals surface area contributed by atoms with E-state index in [1.807, 2.05) is 0 Å². The van der Waals surface area contributed by atoms with Gasteiger partial charge in [-0.2, -0.15) is 13.2 Å². The SMILES string of the molecule is Cc1cccc(NC(=O)c2cc(C)n(-c3ccccc3C(F)(F)F)c2C)n1. The van der Waals surface area contributed by atoms with Crippen LogP contribution in [0.1, 0.15) is 33.0 Å². The van der Waals surface area contributed by atoms with E-state index in [0.29, 0.717) is 22.8 Å². The number of nitrogens with one attached hydrogen (secondary N) is 1. The van der Waals surface area contributed by atoms with Gasteiger partial charge >= 0.3 is 6.18 Å². The van der Waals surface area contributed by atoms with Crippen LogP contribution in [0.5, 0.6) is 0 Å². The van der Waals surface area contributed by atoms with Crippen LogP contribution in [0, 0.1) is 20.8 Å². The molecule has 0 saturated carbocycles. The highest BCUT2D eigenvalue weighted by molar-refractivity contribution is 6.05. The van der Waals surface area contributed by atoms with Crippen molar-refractivity contribution in [1.29, 1.82) is 0 Å². The van der Waals surface area contributed by atoms with Crippen molar-refractivity contribution >= 4 is 11.7 Å². The van der Waals surface area contributed by atoms with E-state index in [4.69, 9.17) is 0 Å². The Kier molecular flexibility index (Phi) is 4.78. The maximum atomic E-state index is 13.4. The van der Waals surface area contributed by atoms with Crippen LogP contribution in [0.4, 0.5) is 19.0 Å². The highest BCUT2D eigenvalue weighted by Gasteiger charge is 2.34. The number of carbonyl (C=O) groups excluding carboxylic acids is 1. The number of alkyl halides is 3. The quantitative estimate of drug-likeness (QED) is 0.697. The number of para-hydroxylation sites is 1. The van der Waals surface area contributed by atoms with E-state index in [-0.39, 0.29) is 5.69 Å². The van der Waals surface area contributed by atoms with E-state index in [2.05, 4.69) is 10.3 Å². The maximum Gasteiger partial charge on any atom is 0.418 e. The van der Waals surface area contributed by atoms with Gasteiger partial charge in [0.15, 0.2) is 0 Å². The van der Waals surface area contributed by atoms with Gasteiger partial charge in [-0.3, -0.25) is 4.79 Å². The number of nitrogens with zero attached hydrogens (tertiary/aromatic N) is 2. The number of carbonyl (C=O) groups is 1. The predicted octanol–water partition coefficient (Wildman–Crippen LogP) is 5.07. The van der Waals surface area contributed by atoms with Gasteiger partial charge in [0.2, 0.25) is 0 Å². The van der Waals surface area contributed by atoms with E-state index in [1.54, 1.807) is 51.1 Å². The minimum Gasteiger partial charge on any atom is -0.317 e. The Morgan fingerprint density at radius 1 is 1.04 bits per heavy atom. The summed E-state index contributed by atoms with van der Waals surface area (Å²) in [7, 11) is 0. The summed E-state index contributed by atoms with van der Waals surface area (Å²) in [6, 6.07) is 12.1. The molecule has 3 rings (SSSR count). The highest BCUT2D eigenvalue weighted by Crippen LogP contribution is 2.35. The predicted molar refractivity (Wildman–Crippen MR) is 97.2 cm³/mol. The zero-order valence-corrected chi connectivity index (χ0v) is 15.1. The van der Waals surface area contributed by atoms with Gasteiger partial charge in [-0.05, 0) is 51.1 Å². The lowest BCUT2D eigenvalue weighted by atomic mass is 10.1. The number of hydrogen-bond acceptors (Lipinski definition) is 2. The molecule has 0 radical (unpaired) electrons. The minimum atomic E-state index is -4.49. The molecule has 27 heavy (non-hydrogen) atoms. The molecule has 1 amide bonds. The number of pyridine rings is 1. The van der Waals surface area contributed by atoms with Gasteiger partial charge in [-0.15, -0.1) is 0 Å². The van der Waals surface area contributed by atoms with Crippen molar-refractivity contribution in [3.63, 3.8) is 0 Å². The van der Waals surface area contributed by atoms with Gasteiger partial charge < -0.3 is 9.88 Å². The zero-order chi connectivity index (χ0) is 19.8. The number of aryl methyl sites for hydroxylation is 2. The molecule has 0 aliphatic rings. The van der Waals surface area contributed by atoms with Crippen molar-refractivity contribution in [3.8, 4) is 5.69 Å². The maximum absolute atomic E-state index is 13.4. The molecule has 2 aromatic heterocycles. The van der Waals surface area contributed by atoms with Crippen molar-refractivity contribution in [2.75, 3.05) is 5.32 Å². The largest absolute Gasteiger partial charge is 0.418 e. The third-order valence-electron chi connectivity index (χ3n) is 4.26. The van der Waals surface area contributed by atoms with E-state index < -0.39 is 17.6 Å². The smallest absolute Gasteiger partial charge is 0.317 e. The summed E-state index contributed by atoms with van der Waals surface area (Å²) in [5, 5.41) is 2.69. The Bertz CT molecular complexity index is 1010. The lowest BCUT2D eigenvalue weighted by molar-refractivity contribution is -0.137. The molecule has 0 saturated heterocycles. The van der Waals surface area contributed by atoms with E-state index in [0.717, 1.165) is 11.8 Å². The van der Waals surface area contributed by atoms with Crippen LogP contribution in [0.3, 0.4) is 0 Å². The number of hydrogen-bond donors (Lipinski definition) is 1. The molecule has 2 heterocycles. The van der Waals surface area contributed by atoms with Gasteiger partial charge in [-0.1, -0.05) is 18.2 Å². The van der Waals surface area contributed by atoms with Crippen LogP contribution in [-0.2, 0) is 6.18 Å². The molecule has 0 aliphatic carbocycles. The summed E-state index contributed by atoms with van der Waals surface area (Å²) in [5.74, 6) is -0.0302. The van der Waals surface area contributed by atoms with Crippen LogP contribution in [0.25, 0.3) is 5.69 Å². The monoisotopic (exact) mass is 373 g/mol. The Morgan fingerprint density at radius 2 is 1.74 bits per heavy atom. The van der Waals surface area contributed by atoms with Gasteiger partial charge in [0.05, 0.1) is 16.8 Å². The van der Waals surface area contributed by atoms with Crippen molar-refractivity contribution in [3.05, 3.63) is 76.7 Å². The van der Waals surface area contributed by atoms with Crippen molar-refractivity contribution in [2.45, 2.75) is 26.9 Å².